The number of hydrogen-bond donors (Lipinski definition) is 0. The Morgan fingerprint density at radius 1 is 1.28 bits per heavy atom. The Morgan fingerprint density at radius 2 is 1.94 bits per heavy atom. The highest BCUT2D eigenvalue weighted by molar-refractivity contribution is 6.34. The van der Waals surface area contributed by atoms with Crippen LogP contribution in [-0.2, 0) is 16.0 Å². The topological polar surface area (TPSA) is 37.4 Å². The highest BCUT2D eigenvalue weighted by atomic mass is 35.5. The molecular formula is C13H13Cl2NO2. The number of rotatable bonds is 4. The van der Waals surface area contributed by atoms with Crippen LogP contribution >= 0.6 is 23.2 Å². The number of carbonyl (C=O) groups is 2. The Kier molecular flexibility index (Phi) is 4.25. The average Bonchev–Trinajstić information content (AvgIpc) is 2.66. The summed E-state index contributed by atoms with van der Waals surface area (Å²) in [6, 6.07) is 5.04. The molecule has 0 radical (unpaired) electrons. The molecule has 0 aliphatic carbocycles. The van der Waals surface area contributed by atoms with E-state index in [1.807, 2.05) is 12.1 Å². The molecule has 1 aliphatic rings. The van der Waals surface area contributed by atoms with Crippen molar-refractivity contribution in [2.75, 3.05) is 6.54 Å². The van der Waals surface area contributed by atoms with E-state index in [0.717, 1.165) is 11.8 Å². The molecular weight excluding hydrogens is 273 g/mol. The van der Waals surface area contributed by atoms with Crippen molar-refractivity contribution >= 4 is 35.4 Å². The van der Waals surface area contributed by atoms with Crippen molar-refractivity contribution in [2.45, 2.75) is 25.3 Å². The van der Waals surface area contributed by atoms with E-state index in [9.17, 15) is 9.59 Å². The number of hydrogen-bond acceptors (Lipinski definition) is 2. The molecule has 1 heterocycles. The van der Waals surface area contributed by atoms with Crippen molar-refractivity contribution in [3.8, 4) is 0 Å². The molecule has 0 spiro atoms. The summed E-state index contributed by atoms with van der Waals surface area (Å²) in [7, 11) is 0. The van der Waals surface area contributed by atoms with Gasteiger partial charge in [0.15, 0.2) is 0 Å². The Bertz CT molecular complexity index is 456. The lowest BCUT2D eigenvalue weighted by Gasteiger charge is -2.20. The third kappa shape index (κ3) is 3.03. The van der Waals surface area contributed by atoms with Gasteiger partial charge in [-0.05, 0) is 36.6 Å². The van der Waals surface area contributed by atoms with Crippen molar-refractivity contribution in [3.05, 3.63) is 33.8 Å². The van der Waals surface area contributed by atoms with Crippen molar-refractivity contribution in [2.24, 2.45) is 0 Å². The monoisotopic (exact) mass is 285 g/mol. The SMILES string of the molecule is O=CC1CCC(=O)N1CCc1cc(Cl)cc(Cl)c1. The molecule has 0 N–H and O–H groups in total. The number of likely N-dealkylation sites (tertiary alicyclic amines) is 1. The molecule has 2 rings (SSSR count). The Morgan fingerprint density at radius 3 is 2.56 bits per heavy atom. The summed E-state index contributed by atoms with van der Waals surface area (Å²) in [6.45, 7) is 0.527. The molecule has 0 saturated carbocycles. The normalized spacial score (nSPS) is 19.3. The lowest BCUT2D eigenvalue weighted by Crippen LogP contribution is -2.35. The highest BCUT2D eigenvalue weighted by Crippen LogP contribution is 2.21. The number of aldehydes is 1. The zero-order valence-corrected chi connectivity index (χ0v) is 11.2. The summed E-state index contributed by atoms with van der Waals surface area (Å²) in [4.78, 5) is 24.1. The fraction of sp³-hybridized carbons (Fsp3) is 0.385. The van der Waals surface area contributed by atoms with Crippen molar-refractivity contribution in [1.82, 2.24) is 4.90 Å². The van der Waals surface area contributed by atoms with E-state index in [-0.39, 0.29) is 11.9 Å². The standard InChI is InChI=1S/C13H13Cl2NO2/c14-10-5-9(6-11(15)7-10)3-4-16-12(8-17)1-2-13(16)18/h5-8,12H,1-4H2. The molecule has 0 bridgehead atoms. The minimum atomic E-state index is -0.271. The Balaban J connectivity index is 2.02. The van der Waals surface area contributed by atoms with E-state index in [1.54, 1.807) is 11.0 Å². The van der Waals surface area contributed by atoms with E-state index in [4.69, 9.17) is 23.2 Å². The third-order valence-corrected chi connectivity index (χ3v) is 3.53. The largest absolute Gasteiger partial charge is 0.333 e. The zero-order valence-electron chi connectivity index (χ0n) is 9.73. The lowest BCUT2D eigenvalue weighted by molar-refractivity contribution is -0.131. The average molecular weight is 286 g/mol. The molecule has 96 valence electrons. The summed E-state index contributed by atoms with van der Waals surface area (Å²) in [5.74, 6) is 0.0419. The van der Waals surface area contributed by atoms with E-state index in [2.05, 4.69) is 0 Å². The summed E-state index contributed by atoms with van der Waals surface area (Å²) >= 11 is 11.8. The number of benzene rings is 1. The van der Waals surface area contributed by atoms with Gasteiger partial charge in [0.05, 0.1) is 6.04 Å². The molecule has 18 heavy (non-hydrogen) atoms. The van der Waals surface area contributed by atoms with Crippen LogP contribution in [0.4, 0.5) is 0 Å². The minimum Gasteiger partial charge on any atom is -0.333 e. The second-order valence-corrected chi connectivity index (χ2v) is 5.23. The molecule has 1 aliphatic heterocycles. The van der Waals surface area contributed by atoms with Gasteiger partial charge in [0.25, 0.3) is 0 Å². The molecule has 1 unspecified atom stereocenters. The van der Waals surface area contributed by atoms with Gasteiger partial charge in [0.1, 0.15) is 6.29 Å². The second-order valence-electron chi connectivity index (χ2n) is 4.36. The summed E-state index contributed by atoms with van der Waals surface area (Å²) < 4.78 is 0. The van der Waals surface area contributed by atoms with E-state index < -0.39 is 0 Å². The van der Waals surface area contributed by atoms with Crippen LogP contribution in [0.3, 0.4) is 0 Å². The fourth-order valence-corrected chi connectivity index (χ4v) is 2.76. The van der Waals surface area contributed by atoms with Gasteiger partial charge in [0, 0.05) is 23.0 Å². The molecule has 3 nitrogen and oxygen atoms in total. The number of carbonyl (C=O) groups excluding carboxylic acids is 2. The van der Waals surface area contributed by atoms with Gasteiger partial charge in [0.2, 0.25) is 5.91 Å². The van der Waals surface area contributed by atoms with Crippen LogP contribution in [0.15, 0.2) is 18.2 Å². The number of nitrogens with zero attached hydrogens (tertiary/aromatic N) is 1. The molecule has 5 heteroatoms. The van der Waals surface area contributed by atoms with Crippen LogP contribution < -0.4 is 0 Å². The van der Waals surface area contributed by atoms with Gasteiger partial charge >= 0.3 is 0 Å². The van der Waals surface area contributed by atoms with E-state index in [0.29, 0.717) is 35.9 Å². The maximum absolute atomic E-state index is 11.6. The molecule has 0 aromatic heterocycles. The minimum absolute atomic E-state index is 0.0419. The maximum Gasteiger partial charge on any atom is 0.223 e. The van der Waals surface area contributed by atoms with Crippen LogP contribution in [0.5, 0.6) is 0 Å². The van der Waals surface area contributed by atoms with Gasteiger partial charge in [-0.15, -0.1) is 0 Å². The van der Waals surface area contributed by atoms with Gasteiger partial charge < -0.3 is 9.69 Å². The van der Waals surface area contributed by atoms with Crippen LogP contribution in [0.25, 0.3) is 0 Å². The van der Waals surface area contributed by atoms with Gasteiger partial charge in [-0.3, -0.25) is 4.79 Å². The predicted molar refractivity (Wildman–Crippen MR) is 71.0 cm³/mol. The Hall–Kier alpha value is -1.06. The predicted octanol–water partition coefficient (Wildman–Crippen LogP) is 2.73. The molecule has 1 amide bonds. The van der Waals surface area contributed by atoms with Crippen molar-refractivity contribution in [3.63, 3.8) is 0 Å². The quantitative estimate of drug-likeness (QED) is 0.798. The first-order chi connectivity index (χ1) is 8.60. The first-order valence-electron chi connectivity index (χ1n) is 5.80. The van der Waals surface area contributed by atoms with Gasteiger partial charge in [-0.25, -0.2) is 0 Å². The summed E-state index contributed by atoms with van der Waals surface area (Å²) in [5.41, 5.74) is 0.969. The number of halogens is 2. The highest BCUT2D eigenvalue weighted by Gasteiger charge is 2.29. The van der Waals surface area contributed by atoms with Crippen LogP contribution in [0, 0.1) is 0 Å². The summed E-state index contributed by atoms with van der Waals surface area (Å²) in [5, 5.41) is 1.16. The fourth-order valence-electron chi connectivity index (χ4n) is 2.19. The molecule has 1 atom stereocenters. The smallest absolute Gasteiger partial charge is 0.223 e. The third-order valence-electron chi connectivity index (χ3n) is 3.10. The molecule has 1 fully saturated rings. The van der Waals surface area contributed by atoms with Crippen molar-refractivity contribution < 1.29 is 9.59 Å². The van der Waals surface area contributed by atoms with Crippen molar-refractivity contribution in [1.29, 1.82) is 0 Å². The zero-order chi connectivity index (χ0) is 13.1. The maximum atomic E-state index is 11.6. The first kappa shape index (κ1) is 13.4. The van der Waals surface area contributed by atoms with Gasteiger partial charge in [-0.1, -0.05) is 23.2 Å². The van der Waals surface area contributed by atoms with E-state index in [1.165, 1.54) is 0 Å². The van der Waals surface area contributed by atoms with Gasteiger partial charge in [-0.2, -0.15) is 0 Å². The van der Waals surface area contributed by atoms with Crippen LogP contribution in [0.1, 0.15) is 18.4 Å². The van der Waals surface area contributed by atoms with E-state index >= 15 is 0 Å². The molecule has 1 aromatic rings. The van der Waals surface area contributed by atoms with Crippen LogP contribution in [-0.4, -0.2) is 29.7 Å². The number of amides is 1. The molecule has 1 saturated heterocycles. The summed E-state index contributed by atoms with van der Waals surface area (Å²) in [6.07, 6.45) is 2.57. The lowest BCUT2D eigenvalue weighted by atomic mass is 10.1. The molecule has 1 aromatic carbocycles. The Labute approximate surface area is 116 Å². The second kappa shape index (κ2) is 5.72. The first-order valence-corrected chi connectivity index (χ1v) is 6.55. The van der Waals surface area contributed by atoms with Crippen LogP contribution in [0.2, 0.25) is 10.0 Å².